The van der Waals surface area contributed by atoms with Gasteiger partial charge in [0.15, 0.2) is 11.9 Å². The van der Waals surface area contributed by atoms with E-state index in [9.17, 15) is 9.18 Å². The second-order valence-electron chi connectivity index (χ2n) is 7.59. The Hall–Kier alpha value is -2.54. The van der Waals surface area contributed by atoms with Gasteiger partial charge in [-0.2, -0.15) is 0 Å². The zero-order chi connectivity index (χ0) is 19.7. The largest absolute Gasteiger partial charge is 0.481 e. The van der Waals surface area contributed by atoms with Crippen molar-refractivity contribution in [2.75, 3.05) is 20.1 Å². The third-order valence-electron chi connectivity index (χ3n) is 5.45. The molecule has 1 amide bonds. The maximum atomic E-state index is 13.1. The molecule has 0 spiro atoms. The number of carbonyl (C=O) groups excluding carboxylic acids is 1. The fourth-order valence-corrected chi connectivity index (χ4v) is 3.93. The first-order valence-corrected chi connectivity index (χ1v) is 9.77. The first-order valence-electron chi connectivity index (χ1n) is 9.77. The molecule has 4 rings (SSSR count). The summed E-state index contributed by atoms with van der Waals surface area (Å²) < 4.78 is 18.8. The average Bonchev–Trinajstić information content (AvgIpc) is 3.18. The van der Waals surface area contributed by atoms with Crippen molar-refractivity contribution in [1.29, 1.82) is 0 Å². The maximum absolute atomic E-state index is 13.1. The summed E-state index contributed by atoms with van der Waals surface area (Å²) in [7, 11) is 2.09. The lowest BCUT2D eigenvalue weighted by Gasteiger charge is -2.28. The molecule has 1 saturated heterocycles. The summed E-state index contributed by atoms with van der Waals surface area (Å²) in [6, 6.07) is 5.60. The second-order valence-corrected chi connectivity index (χ2v) is 7.59. The number of hydrogen-bond donors (Lipinski definition) is 0. The van der Waals surface area contributed by atoms with Crippen LogP contribution in [0.15, 0.2) is 30.5 Å². The van der Waals surface area contributed by atoms with Crippen LogP contribution >= 0.6 is 0 Å². The lowest BCUT2D eigenvalue weighted by Crippen LogP contribution is -2.40. The van der Waals surface area contributed by atoms with Crippen molar-refractivity contribution in [2.24, 2.45) is 0 Å². The van der Waals surface area contributed by atoms with E-state index in [0.717, 1.165) is 43.9 Å². The van der Waals surface area contributed by atoms with Crippen LogP contribution in [-0.2, 0) is 17.8 Å². The van der Waals surface area contributed by atoms with E-state index in [2.05, 4.69) is 16.9 Å². The highest BCUT2D eigenvalue weighted by Gasteiger charge is 2.35. The number of fused-ring (bicyclic) bond motifs is 1. The highest BCUT2D eigenvalue weighted by Crippen LogP contribution is 2.31. The molecule has 2 aromatic rings. The Balaban J connectivity index is 1.48. The zero-order valence-corrected chi connectivity index (χ0v) is 16.3. The van der Waals surface area contributed by atoms with Crippen LogP contribution in [0, 0.1) is 5.82 Å². The fraction of sp³-hybridized carbons (Fsp3) is 0.476. The van der Waals surface area contributed by atoms with Crippen molar-refractivity contribution < 1.29 is 13.9 Å². The van der Waals surface area contributed by atoms with Gasteiger partial charge in [-0.15, -0.1) is 0 Å². The van der Waals surface area contributed by atoms with Gasteiger partial charge in [0.05, 0.1) is 6.04 Å². The Labute approximate surface area is 164 Å². The van der Waals surface area contributed by atoms with Crippen LogP contribution in [0.2, 0.25) is 0 Å². The molecule has 0 N–H and O–H groups in total. The number of carbonyl (C=O) groups is 1. The summed E-state index contributed by atoms with van der Waals surface area (Å²) in [5, 5.41) is 0. The van der Waals surface area contributed by atoms with Crippen molar-refractivity contribution in [3.63, 3.8) is 0 Å². The maximum Gasteiger partial charge on any atom is 0.263 e. The molecular weight excluding hydrogens is 359 g/mol. The van der Waals surface area contributed by atoms with E-state index in [4.69, 9.17) is 9.72 Å². The third-order valence-corrected chi connectivity index (χ3v) is 5.45. The lowest BCUT2D eigenvalue weighted by atomic mass is 10.1. The van der Waals surface area contributed by atoms with Crippen LogP contribution in [0.4, 0.5) is 4.39 Å². The number of aromatic nitrogens is 2. The highest BCUT2D eigenvalue weighted by molar-refractivity contribution is 5.81. The monoisotopic (exact) mass is 384 g/mol. The average molecular weight is 384 g/mol. The molecule has 2 aliphatic heterocycles. The van der Waals surface area contributed by atoms with Crippen molar-refractivity contribution in [3.8, 4) is 5.75 Å². The van der Waals surface area contributed by atoms with Gasteiger partial charge >= 0.3 is 0 Å². The number of likely N-dealkylation sites (N-methyl/N-ethyl adjacent to an activating group) is 1. The molecule has 2 aliphatic rings. The Morgan fingerprint density at radius 1 is 1.29 bits per heavy atom. The molecule has 0 aliphatic carbocycles. The molecule has 0 radical (unpaired) electrons. The molecule has 0 bridgehead atoms. The number of halogens is 1. The van der Waals surface area contributed by atoms with Gasteiger partial charge in [-0.25, -0.2) is 14.4 Å². The van der Waals surface area contributed by atoms with Crippen LogP contribution < -0.4 is 4.74 Å². The number of hydrogen-bond acceptors (Lipinski definition) is 5. The molecular formula is C21H25FN4O2. The molecule has 1 aromatic carbocycles. The van der Waals surface area contributed by atoms with Crippen LogP contribution in [0.5, 0.6) is 5.75 Å². The molecule has 148 valence electrons. The minimum absolute atomic E-state index is 0.0899. The molecule has 7 heteroatoms. The molecule has 0 saturated carbocycles. The van der Waals surface area contributed by atoms with E-state index in [-0.39, 0.29) is 17.8 Å². The molecule has 1 fully saturated rings. The highest BCUT2D eigenvalue weighted by atomic mass is 19.1. The van der Waals surface area contributed by atoms with Gasteiger partial charge in [0.2, 0.25) is 0 Å². The summed E-state index contributed by atoms with van der Waals surface area (Å²) in [5.41, 5.74) is 2.26. The van der Waals surface area contributed by atoms with E-state index in [1.807, 2.05) is 11.1 Å². The van der Waals surface area contributed by atoms with Crippen molar-refractivity contribution in [2.45, 2.75) is 44.9 Å². The Kier molecular flexibility index (Phi) is 5.26. The second kappa shape index (κ2) is 7.83. The quantitative estimate of drug-likeness (QED) is 0.811. The van der Waals surface area contributed by atoms with Crippen LogP contribution in [-0.4, -0.2) is 51.9 Å². The summed E-state index contributed by atoms with van der Waals surface area (Å²) in [4.78, 5) is 26.5. The van der Waals surface area contributed by atoms with Crippen molar-refractivity contribution >= 4 is 5.91 Å². The first-order chi connectivity index (χ1) is 13.5. The van der Waals surface area contributed by atoms with Gasteiger partial charge in [0, 0.05) is 43.5 Å². The van der Waals surface area contributed by atoms with Gasteiger partial charge in [0.1, 0.15) is 11.6 Å². The summed E-state index contributed by atoms with van der Waals surface area (Å²) in [5.74, 6) is 0.782. The fourth-order valence-electron chi connectivity index (χ4n) is 3.93. The number of amides is 1. The number of benzene rings is 1. The Morgan fingerprint density at radius 3 is 2.86 bits per heavy atom. The predicted molar refractivity (Wildman–Crippen MR) is 102 cm³/mol. The molecule has 3 heterocycles. The number of rotatable bonds is 4. The molecule has 6 nitrogen and oxygen atoms in total. The van der Waals surface area contributed by atoms with Crippen LogP contribution in [0.25, 0.3) is 0 Å². The van der Waals surface area contributed by atoms with Crippen LogP contribution in [0.3, 0.4) is 0 Å². The van der Waals surface area contributed by atoms with E-state index in [1.54, 1.807) is 6.92 Å². The molecule has 2 atom stereocenters. The standard InChI is InChI=1S/C21H25FN4O2/c1-14(28-17-7-5-16(22)6-8-17)21(27)26-10-3-4-19(26)20-23-12-15-13-25(2)11-9-18(15)24-20/h5-8,12,14,19H,3-4,9-11,13H2,1-2H3/t14-,19+/m0/s1. The minimum Gasteiger partial charge on any atom is -0.481 e. The minimum atomic E-state index is -0.655. The summed E-state index contributed by atoms with van der Waals surface area (Å²) in [6.07, 6.45) is 3.94. The normalized spacial score (nSPS) is 20.7. The third kappa shape index (κ3) is 3.85. The molecule has 0 unspecified atom stereocenters. The topological polar surface area (TPSA) is 58.6 Å². The Morgan fingerprint density at radius 2 is 2.07 bits per heavy atom. The zero-order valence-electron chi connectivity index (χ0n) is 16.3. The number of ether oxygens (including phenoxy) is 1. The predicted octanol–water partition coefficient (Wildman–Crippen LogP) is 2.73. The number of nitrogens with zero attached hydrogens (tertiary/aromatic N) is 4. The van der Waals surface area contributed by atoms with Gasteiger partial charge < -0.3 is 14.5 Å². The van der Waals surface area contributed by atoms with Gasteiger partial charge in [-0.3, -0.25) is 4.79 Å². The van der Waals surface area contributed by atoms with E-state index < -0.39 is 6.10 Å². The lowest BCUT2D eigenvalue weighted by molar-refractivity contribution is -0.139. The van der Waals surface area contributed by atoms with Crippen LogP contribution in [0.1, 0.15) is 42.9 Å². The summed E-state index contributed by atoms with van der Waals surface area (Å²) in [6.45, 7) is 4.25. The van der Waals surface area contributed by atoms with Crippen molar-refractivity contribution in [1.82, 2.24) is 19.8 Å². The number of likely N-dealkylation sites (tertiary alicyclic amines) is 1. The van der Waals surface area contributed by atoms with E-state index in [1.165, 1.54) is 29.8 Å². The van der Waals surface area contributed by atoms with E-state index in [0.29, 0.717) is 12.3 Å². The molecule has 28 heavy (non-hydrogen) atoms. The van der Waals surface area contributed by atoms with Gasteiger partial charge in [0.25, 0.3) is 5.91 Å². The van der Waals surface area contributed by atoms with Crippen molar-refractivity contribution in [3.05, 3.63) is 53.4 Å². The first kappa shape index (κ1) is 18.8. The Bertz CT molecular complexity index is 858. The SMILES string of the molecule is C[C@H](Oc1ccc(F)cc1)C(=O)N1CCC[C@@H]1c1ncc2c(n1)CCN(C)C2. The molecule has 1 aromatic heterocycles. The summed E-state index contributed by atoms with van der Waals surface area (Å²) >= 11 is 0. The smallest absolute Gasteiger partial charge is 0.263 e. The van der Waals surface area contributed by atoms with E-state index >= 15 is 0 Å². The van der Waals surface area contributed by atoms with Gasteiger partial charge in [-0.1, -0.05) is 0 Å². The van der Waals surface area contributed by atoms with Gasteiger partial charge in [-0.05, 0) is 51.1 Å².